The largest absolute Gasteiger partial charge is 0.155 e. The maximum Gasteiger partial charge on any atom is 0.0995 e. The van der Waals surface area contributed by atoms with Crippen molar-refractivity contribution >= 4 is 36.5 Å². The van der Waals surface area contributed by atoms with Crippen LogP contribution in [0.2, 0.25) is 36.3 Å². The Kier molecular flexibility index (Phi) is 27.8. The molecule has 4 bridgehead atoms. The summed E-state index contributed by atoms with van der Waals surface area (Å²) in [5, 5.41) is 0. The molecule has 0 fully saturated rings. The first kappa shape index (κ1) is 47.8. The van der Waals surface area contributed by atoms with Gasteiger partial charge in [-0.1, -0.05) is 318 Å². The molecule has 3 aliphatic heterocycles. The number of hydrogen-bond acceptors (Lipinski definition) is 1. The molecule has 4 rings (SSSR count). The van der Waals surface area contributed by atoms with E-state index >= 15 is 0 Å². The minimum atomic E-state index is -1.54. The summed E-state index contributed by atoms with van der Waals surface area (Å²) in [5.41, 5.74) is 0. The molecular formula is C52H98SSi2. The van der Waals surface area contributed by atoms with Gasteiger partial charge < -0.3 is 0 Å². The van der Waals surface area contributed by atoms with Crippen LogP contribution >= 0.6 is 11.3 Å². The van der Waals surface area contributed by atoms with E-state index in [4.69, 9.17) is 0 Å². The van der Waals surface area contributed by atoms with E-state index < -0.39 is 16.1 Å². The molecule has 4 heterocycles. The molecule has 0 spiro atoms. The zero-order chi connectivity index (χ0) is 38.2. The maximum atomic E-state index is 2.87. The fraction of sp³-hybridized carbons (Fsp3) is 0.923. The van der Waals surface area contributed by atoms with Gasteiger partial charge in [0, 0.05) is 0 Å². The second-order valence-electron chi connectivity index (χ2n) is 20.1. The van der Waals surface area contributed by atoms with E-state index in [0.717, 1.165) is 0 Å². The van der Waals surface area contributed by atoms with Crippen molar-refractivity contribution in [2.24, 2.45) is 0 Å². The summed E-state index contributed by atoms with van der Waals surface area (Å²) >= 11 is 2.53. The quantitative estimate of drug-likeness (QED) is 0.229. The van der Waals surface area contributed by atoms with E-state index in [-0.39, 0.29) is 0 Å². The Balaban J connectivity index is 1.65. The number of rotatable bonds is 0. The smallest absolute Gasteiger partial charge is 0.0995 e. The minimum absolute atomic E-state index is 1.50. The molecule has 0 atom stereocenters. The zero-order valence-electron chi connectivity index (χ0n) is 37.5. The van der Waals surface area contributed by atoms with Crippen LogP contribution in [0.5, 0.6) is 0 Å². The van der Waals surface area contributed by atoms with Crippen molar-refractivity contribution in [2.75, 3.05) is 0 Å². The van der Waals surface area contributed by atoms with Crippen molar-refractivity contribution in [1.29, 1.82) is 0 Å². The predicted molar refractivity (Wildman–Crippen MR) is 258 cm³/mol. The molecule has 0 unspecified atom stereocenters. The van der Waals surface area contributed by atoms with Crippen LogP contribution in [0, 0.1) is 0 Å². The Morgan fingerprint density at radius 1 is 0.200 bits per heavy atom. The van der Waals surface area contributed by atoms with Gasteiger partial charge in [-0.15, -0.1) is 0 Å². The summed E-state index contributed by atoms with van der Waals surface area (Å²) in [4.78, 5) is 0. The zero-order valence-corrected chi connectivity index (χ0v) is 40.3. The highest BCUT2D eigenvalue weighted by atomic mass is 32.1. The van der Waals surface area contributed by atoms with Crippen LogP contribution in [0.15, 0.2) is 12.1 Å². The fourth-order valence-electron chi connectivity index (χ4n) is 11.5. The summed E-state index contributed by atoms with van der Waals surface area (Å²) < 4.78 is 4.06. The first-order valence-corrected chi connectivity index (χ1v) is 32.5. The lowest BCUT2D eigenvalue weighted by Crippen LogP contribution is -2.48. The molecule has 0 amide bonds. The van der Waals surface area contributed by atoms with Crippen molar-refractivity contribution in [1.82, 2.24) is 0 Å². The second kappa shape index (κ2) is 32.0. The molecule has 320 valence electrons. The van der Waals surface area contributed by atoms with Gasteiger partial charge in [0.2, 0.25) is 0 Å². The third-order valence-electron chi connectivity index (χ3n) is 15.3. The SMILES string of the molecule is c1cc2sc1[Si]13CCCCCCCCCCCCCCCC[Si]2(CCCCCCCCCCCCCCCC1)CCCCCCCCCCCCCCCC3. The van der Waals surface area contributed by atoms with Gasteiger partial charge in [0.1, 0.15) is 0 Å². The summed E-state index contributed by atoms with van der Waals surface area (Å²) in [6, 6.07) is 15.5. The van der Waals surface area contributed by atoms with Crippen molar-refractivity contribution in [3.63, 3.8) is 0 Å². The highest BCUT2D eigenvalue weighted by molar-refractivity contribution is 7.36. The Morgan fingerprint density at radius 2 is 0.327 bits per heavy atom. The molecule has 3 heteroatoms. The molecule has 0 N–H and O–H groups in total. The van der Waals surface area contributed by atoms with Crippen LogP contribution in [0.3, 0.4) is 0 Å². The molecule has 0 nitrogen and oxygen atoms in total. The molecule has 0 saturated carbocycles. The molecule has 0 aromatic carbocycles. The van der Waals surface area contributed by atoms with Crippen LogP contribution in [-0.4, -0.2) is 16.1 Å². The Bertz CT molecular complexity index is 832. The van der Waals surface area contributed by atoms with Gasteiger partial charge in [0.15, 0.2) is 0 Å². The van der Waals surface area contributed by atoms with Gasteiger partial charge in [-0.3, -0.25) is 0 Å². The molecule has 0 aliphatic carbocycles. The minimum Gasteiger partial charge on any atom is -0.155 e. The van der Waals surface area contributed by atoms with Crippen LogP contribution in [0.4, 0.5) is 0 Å². The Morgan fingerprint density at radius 3 is 0.473 bits per heavy atom. The van der Waals surface area contributed by atoms with Crippen molar-refractivity contribution in [3.05, 3.63) is 12.1 Å². The summed E-state index contributed by atoms with van der Waals surface area (Å²) in [6.07, 6.45) is 63.5. The summed E-state index contributed by atoms with van der Waals surface area (Å²) in [5.74, 6) is 0. The topological polar surface area (TPSA) is 0 Å². The summed E-state index contributed by atoms with van der Waals surface area (Å²) in [7, 11) is -3.08. The van der Waals surface area contributed by atoms with Crippen molar-refractivity contribution < 1.29 is 0 Å². The second-order valence-corrected chi connectivity index (χ2v) is 31.1. The van der Waals surface area contributed by atoms with Gasteiger partial charge >= 0.3 is 0 Å². The molecule has 1 aromatic rings. The molecule has 3 aliphatic rings. The van der Waals surface area contributed by atoms with E-state index in [1.807, 2.05) is 9.00 Å². The molecular weight excluding hydrogens is 713 g/mol. The van der Waals surface area contributed by atoms with Crippen molar-refractivity contribution in [2.45, 2.75) is 306 Å². The van der Waals surface area contributed by atoms with E-state index in [1.54, 1.807) is 74.8 Å². The Labute approximate surface area is 352 Å². The van der Waals surface area contributed by atoms with E-state index in [2.05, 4.69) is 23.5 Å². The van der Waals surface area contributed by atoms with Gasteiger partial charge in [-0.05, 0) is 9.00 Å². The van der Waals surface area contributed by atoms with Crippen LogP contribution in [-0.2, 0) is 0 Å². The molecule has 55 heavy (non-hydrogen) atoms. The summed E-state index contributed by atoms with van der Waals surface area (Å²) in [6.45, 7) is 0. The van der Waals surface area contributed by atoms with Gasteiger partial charge in [0.05, 0.1) is 16.1 Å². The Hall–Kier alpha value is 0.134. The predicted octanol–water partition coefficient (Wildman–Crippen LogP) is 18.5. The first-order chi connectivity index (χ1) is 27.3. The lowest BCUT2D eigenvalue weighted by atomic mass is 10.0. The highest BCUT2D eigenvalue weighted by Gasteiger charge is 2.39. The fourth-order valence-corrected chi connectivity index (χ4v) is 26.0. The third kappa shape index (κ3) is 20.8. The van der Waals surface area contributed by atoms with E-state index in [0.29, 0.717) is 0 Å². The molecule has 0 saturated heterocycles. The average molecular weight is 812 g/mol. The molecule has 1 aromatic heterocycles. The van der Waals surface area contributed by atoms with E-state index in [1.165, 1.54) is 231 Å². The van der Waals surface area contributed by atoms with Crippen molar-refractivity contribution in [3.8, 4) is 0 Å². The molecule has 0 radical (unpaired) electrons. The van der Waals surface area contributed by atoms with Gasteiger partial charge in [-0.25, -0.2) is 0 Å². The van der Waals surface area contributed by atoms with E-state index in [9.17, 15) is 0 Å². The number of hydrogen-bond donors (Lipinski definition) is 0. The number of thiophene rings is 1. The monoisotopic (exact) mass is 811 g/mol. The maximum absolute atomic E-state index is 2.87. The third-order valence-corrected chi connectivity index (χ3v) is 29.5. The standard InChI is InChI=1S/C52H98SSi2/c1-2-8-14-20-26-32-38-46-55-49-41-35-29-23-17-11-5-3-9-15-21-27-33-39-47-54(51-43-44-52(55)53-51,45-37-31-25-19-13-7-1)48-40-34-28-22-16-10-4-6-12-18-24-30-36-42-50-55/h43-44H,1-42,45-50H2. The van der Waals surface area contributed by atoms with Crippen LogP contribution in [0.25, 0.3) is 0 Å². The van der Waals surface area contributed by atoms with Crippen LogP contribution < -0.4 is 9.00 Å². The lowest BCUT2D eigenvalue weighted by molar-refractivity contribution is 0.533. The average Bonchev–Trinajstić information content (AvgIpc) is 3.70. The highest BCUT2D eigenvalue weighted by Crippen LogP contribution is 2.35. The van der Waals surface area contributed by atoms with Crippen LogP contribution in [0.1, 0.15) is 270 Å². The van der Waals surface area contributed by atoms with Gasteiger partial charge in [-0.2, -0.15) is 11.3 Å². The first-order valence-electron chi connectivity index (χ1n) is 26.4. The normalized spacial score (nSPS) is 29.0. The van der Waals surface area contributed by atoms with Gasteiger partial charge in [0.25, 0.3) is 0 Å². The lowest BCUT2D eigenvalue weighted by Gasteiger charge is -2.34.